The van der Waals surface area contributed by atoms with Crippen LogP contribution in [0.4, 0.5) is 0 Å². The summed E-state index contributed by atoms with van der Waals surface area (Å²) < 4.78 is 8.36. The van der Waals surface area contributed by atoms with Gasteiger partial charge in [-0.05, 0) is 11.5 Å². The van der Waals surface area contributed by atoms with Crippen molar-refractivity contribution in [1.29, 1.82) is 0 Å². The number of aliphatic carboxylic acids is 1. The fourth-order valence-corrected chi connectivity index (χ4v) is 1.52. The van der Waals surface area contributed by atoms with E-state index in [1.165, 1.54) is 18.2 Å². The summed E-state index contributed by atoms with van der Waals surface area (Å²) in [5.41, 5.74) is 0. The number of carboxylic acid groups (broad SMARTS) is 1. The summed E-state index contributed by atoms with van der Waals surface area (Å²) in [6, 6.07) is 0. The van der Waals surface area contributed by atoms with Crippen molar-refractivity contribution in [2.75, 3.05) is 26.8 Å². The molecule has 0 fully saturated rings. The summed E-state index contributed by atoms with van der Waals surface area (Å²) in [5, 5.41) is 12.2. The normalized spacial score (nSPS) is 10.1. The Kier molecular flexibility index (Phi) is 4.80. The first kappa shape index (κ1) is 12.5. The minimum Gasteiger partial charge on any atom is -0.480 e. The first-order chi connectivity index (χ1) is 7.65. The van der Waals surface area contributed by atoms with Gasteiger partial charge in [-0.15, -0.1) is 5.10 Å². The maximum atomic E-state index is 11.8. The summed E-state index contributed by atoms with van der Waals surface area (Å²) >= 11 is 0.934. The third kappa shape index (κ3) is 3.55. The second-order valence-electron chi connectivity index (χ2n) is 2.90. The van der Waals surface area contributed by atoms with Crippen LogP contribution < -0.4 is 0 Å². The van der Waals surface area contributed by atoms with E-state index in [1.54, 1.807) is 0 Å². The van der Waals surface area contributed by atoms with Gasteiger partial charge in [0.2, 0.25) is 0 Å². The molecule has 1 heterocycles. The number of aromatic nitrogens is 2. The minimum atomic E-state index is -1.07. The largest absolute Gasteiger partial charge is 0.480 e. The molecule has 1 rings (SSSR count). The van der Waals surface area contributed by atoms with Crippen molar-refractivity contribution in [3.8, 4) is 0 Å². The third-order valence-electron chi connectivity index (χ3n) is 1.75. The van der Waals surface area contributed by atoms with Crippen LogP contribution in [0.2, 0.25) is 0 Å². The van der Waals surface area contributed by atoms with E-state index < -0.39 is 11.9 Å². The number of carbonyl (C=O) groups is 2. The van der Waals surface area contributed by atoms with Crippen LogP contribution >= 0.6 is 11.5 Å². The molecule has 0 radical (unpaired) electrons. The highest BCUT2D eigenvalue weighted by molar-refractivity contribution is 7.07. The summed E-state index contributed by atoms with van der Waals surface area (Å²) in [6.07, 6.45) is 1.31. The van der Waals surface area contributed by atoms with E-state index in [0.717, 1.165) is 11.5 Å². The van der Waals surface area contributed by atoms with E-state index in [9.17, 15) is 9.59 Å². The molecule has 16 heavy (non-hydrogen) atoms. The average molecular weight is 245 g/mol. The molecular formula is C8H11N3O4S. The Labute approximate surface area is 95.8 Å². The fourth-order valence-electron chi connectivity index (χ4n) is 1.03. The van der Waals surface area contributed by atoms with Gasteiger partial charge in [0.15, 0.2) is 0 Å². The van der Waals surface area contributed by atoms with Crippen molar-refractivity contribution in [2.45, 2.75) is 0 Å². The molecule has 0 saturated carbocycles. The monoisotopic (exact) mass is 245 g/mol. The van der Waals surface area contributed by atoms with Gasteiger partial charge in [-0.3, -0.25) is 9.59 Å². The zero-order valence-electron chi connectivity index (χ0n) is 8.62. The van der Waals surface area contributed by atoms with Crippen molar-refractivity contribution in [3.05, 3.63) is 11.1 Å². The zero-order valence-corrected chi connectivity index (χ0v) is 9.44. The van der Waals surface area contributed by atoms with Crippen LogP contribution in [0.1, 0.15) is 9.67 Å². The molecule has 7 nitrogen and oxygen atoms in total. The number of rotatable bonds is 6. The molecule has 0 unspecified atom stereocenters. The van der Waals surface area contributed by atoms with E-state index in [4.69, 9.17) is 9.84 Å². The lowest BCUT2D eigenvalue weighted by atomic mass is 10.4. The smallest absolute Gasteiger partial charge is 0.323 e. The van der Waals surface area contributed by atoms with Crippen molar-refractivity contribution in [3.63, 3.8) is 0 Å². The molecule has 1 N–H and O–H groups in total. The van der Waals surface area contributed by atoms with E-state index >= 15 is 0 Å². The van der Waals surface area contributed by atoms with Crippen LogP contribution in [0, 0.1) is 0 Å². The first-order valence-corrected chi connectivity index (χ1v) is 5.20. The number of hydrogen-bond acceptors (Lipinski definition) is 6. The van der Waals surface area contributed by atoms with Crippen LogP contribution in [0.15, 0.2) is 6.20 Å². The standard InChI is InChI=1S/C8H11N3O4S/c1-15-3-2-11(5-7(12)13)8(14)6-4-9-10-16-6/h4H,2-3,5H2,1H3,(H,12,13). The molecule has 0 aromatic carbocycles. The Morgan fingerprint density at radius 3 is 2.88 bits per heavy atom. The third-order valence-corrected chi connectivity index (χ3v) is 2.40. The lowest BCUT2D eigenvalue weighted by Crippen LogP contribution is -2.37. The second kappa shape index (κ2) is 6.13. The predicted molar refractivity (Wildman–Crippen MR) is 55.3 cm³/mol. The number of amides is 1. The van der Waals surface area contributed by atoms with Gasteiger partial charge in [-0.1, -0.05) is 4.49 Å². The van der Waals surface area contributed by atoms with Gasteiger partial charge >= 0.3 is 5.97 Å². The van der Waals surface area contributed by atoms with E-state index in [0.29, 0.717) is 4.88 Å². The highest BCUT2D eigenvalue weighted by Gasteiger charge is 2.19. The van der Waals surface area contributed by atoms with Gasteiger partial charge in [-0.25, -0.2) is 0 Å². The fraction of sp³-hybridized carbons (Fsp3) is 0.500. The summed E-state index contributed by atoms with van der Waals surface area (Å²) in [7, 11) is 1.48. The number of carboxylic acids is 1. The number of nitrogens with zero attached hydrogens (tertiary/aromatic N) is 3. The molecule has 1 amide bonds. The minimum absolute atomic E-state index is 0.222. The summed E-state index contributed by atoms with van der Waals surface area (Å²) in [4.78, 5) is 23.9. The molecule has 1 aromatic rings. The van der Waals surface area contributed by atoms with Gasteiger partial charge in [0.25, 0.3) is 5.91 Å². The van der Waals surface area contributed by atoms with Crippen LogP contribution in [-0.4, -0.2) is 58.3 Å². The van der Waals surface area contributed by atoms with Gasteiger partial charge in [0.1, 0.15) is 11.4 Å². The number of ether oxygens (including phenoxy) is 1. The lowest BCUT2D eigenvalue weighted by Gasteiger charge is -2.18. The molecule has 1 aromatic heterocycles. The Morgan fingerprint density at radius 1 is 1.62 bits per heavy atom. The molecule has 88 valence electrons. The van der Waals surface area contributed by atoms with Crippen LogP contribution in [-0.2, 0) is 9.53 Å². The molecule has 0 aliphatic heterocycles. The lowest BCUT2D eigenvalue weighted by molar-refractivity contribution is -0.137. The average Bonchev–Trinajstić information content (AvgIpc) is 2.76. The van der Waals surface area contributed by atoms with Gasteiger partial charge < -0.3 is 14.7 Å². The number of carbonyl (C=O) groups excluding carboxylic acids is 1. The summed E-state index contributed by atoms with van der Waals surface area (Å²) in [6.45, 7) is 0.144. The maximum Gasteiger partial charge on any atom is 0.323 e. The highest BCUT2D eigenvalue weighted by Crippen LogP contribution is 2.07. The Balaban J connectivity index is 2.67. The quantitative estimate of drug-likeness (QED) is 0.740. The van der Waals surface area contributed by atoms with Crippen LogP contribution in [0.3, 0.4) is 0 Å². The number of hydrogen-bond donors (Lipinski definition) is 1. The van der Waals surface area contributed by atoms with Gasteiger partial charge in [0.05, 0.1) is 12.8 Å². The molecule has 8 heteroatoms. The Bertz CT molecular complexity index is 354. The van der Waals surface area contributed by atoms with Gasteiger partial charge in [0, 0.05) is 13.7 Å². The van der Waals surface area contributed by atoms with E-state index in [1.807, 2.05) is 0 Å². The van der Waals surface area contributed by atoms with Crippen LogP contribution in [0.5, 0.6) is 0 Å². The zero-order chi connectivity index (χ0) is 12.0. The first-order valence-electron chi connectivity index (χ1n) is 4.42. The van der Waals surface area contributed by atoms with E-state index in [2.05, 4.69) is 9.59 Å². The maximum absolute atomic E-state index is 11.8. The van der Waals surface area contributed by atoms with Crippen molar-refractivity contribution >= 4 is 23.4 Å². The molecule has 0 aliphatic rings. The number of methoxy groups -OCH3 is 1. The molecule has 0 bridgehead atoms. The van der Waals surface area contributed by atoms with Crippen molar-refractivity contribution in [1.82, 2.24) is 14.5 Å². The summed E-state index contributed by atoms with van der Waals surface area (Å²) in [5.74, 6) is -1.46. The molecule has 0 spiro atoms. The molecule has 0 atom stereocenters. The topological polar surface area (TPSA) is 92.6 Å². The Hall–Kier alpha value is -1.54. The SMILES string of the molecule is COCCN(CC(=O)O)C(=O)c1cnns1. The highest BCUT2D eigenvalue weighted by atomic mass is 32.1. The Morgan fingerprint density at radius 2 is 2.38 bits per heavy atom. The van der Waals surface area contributed by atoms with Gasteiger partial charge in [-0.2, -0.15) is 0 Å². The molecule has 0 aliphatic carbocycles. The van der Waals surface area contributed by atoms with Crippen molar-refractivity contribution < 1.29 is 19.4 Å². The second-order valence-corrected chi connectivity index (χ2v) is 3.68. The molecular weight excluding hydrogens is 234 g/mol. The van der Waals surface area contributed by atoms with E-state index in [-0.39, 0.29) is 19.7 Å². The van der Waals surface area contributed by atoms with Crippen molar-refractivity contribution in [2.24, 2.45) is 0 Å². The predicted octanol–water partition coefficient (Wildman–Crippen LogP) is -0.289. The molecule has 0 saturated heterocycles. The van der Waals surface area contributed by atoms with Crippen LogP contribution in [0.25, 0.3) is 0 Å².